The monoisotopic (exact) mass is 455 g/mol. The maximum Gasteiger partial charge on any atom is 0.267 e. The van der Waals surface area contributed by atoms with Crippen molar-refractivity contribution in [3.8, 4) is 5.75 Å². The van der Waals surface area contributed by atoms with Crippen LogP contribution in [0.5, 0.6) is 5.75 Å². The van der Waals surface area contributed by atoms with E-state index >= 15 is 0 Å². The van der Waals surface area contributed by atoms with Gasteiger partial charge in [-0.2, -0.15) is 0 Å². The van der Waals surface area contributed by atoms with E-state index in [4.69, 9.17) is 16.3 Å². The first kappa shape index (κ1) is 21.3. The average molecular weight is 456 g/mol. The van der Waals surface area contributed by atoms with Gasteiger partial charge in [-0.05, 0) is 68.3 Å². The molecular formula is C23H22ClN3O3S. The molecule has 0 spiro atoms. The number of hydrogen-bond acceptors (Lipinski definition) is 5. The van der Waals surface area contributed by atoms with Gasteiger partial charge in [-0.15, -0.1) is 11.3 Å². The van der Waals surface area contributed by atoms with E-state index in [9.17, 15) is 9.59 Å². The summed E-state index contributed by atoms with van der Waals surface area (Å²) in [4.78, 5) is 32.0. The molecule has 1 fully saturated rings. The third-order valence-corrected chi connectivity index (χ3v) is 6.39. The van der Waals surface area contributed by atoms with Gasteiger partial charge in [0.15, 0.2) is 0 Å². The minimum atomic E-state index is -0.230. The minimum absolute atomic E-state index is 0.0407. The van der Waals surface area contributed by atoms with Crippen LogP contribution in [0.25, 0.3) is 0 Å². The standard InChI is InChI=1S/C23H22ClN3O3S/c1-15-21(31-20(25-15)14-30-19-10-6-17(24)7-11-19)22(28)26-18-8-4-16(5-9-18)23(29)27-12-2-3-13-27/h4-11H,2-3,12-14H2,1H3,(H,26,28). The Morgan fingerprint density at radius 1 is 1.10 bits per heavy atom. The SMILES string of the molecule is Cc1nc(COc2ccc(Cl)cc2)sc1C(=O)Nc1ccc(C(=O)N2CCCC2)cc1. The fourth-order valence-corrected chi connectivity index (χ4v) is 4.39. The second-order valence-electron chi connectivity index (χ2n) is 7.30. The molecule has 0 atom stereocenters. The lowest BCUT2D eigenvalue weighted by atomic mass is 10.2. The number of thiazole rings is 1. The van der Waals surface area contributed by atoms with Crippen LogP contribution in [-0.2, 0) is 6.61 Å². The fourth-order valence-electron chi connectivity index (χ4n) is 3.39. The number of carbonyl (C=O) groups is 2. The molecule has 6 nitrogen and oxygen atoms in total. The van der Waals surface area contributed by atoms with Gasteiger partial charge in [0.2, 0.25) is 0 Å². The van der Waals surface area contributed by atoms with Crippen molar-refractivity contribution in [1.29, 1.82) is 0 Å². The van der Waals surface area contributed by atoms with Gasteiger partial charge in [-0.1, -0.05) is 11.6 Å². The highest BCUT2D eigenvalue weighted by molar-refractivity contribution is 7.13. The number of hydrogen-bond donors (Lipinski definition) is 1. The third kappa shape index (κ3) is 5.24. The third-order valence-electron chi connectivity index (χ3n) is 5.01. The number of amides is 2. The molecule has 0 aliphatic carbocycles. The maximum absolute atomic E-state index is 12.7. The van der Waals surface area contributed by atoms with Crippen LogP contribution in [0.1, 0.15) is 43.6 Å². The number of benzene rings is 2. The molecule has 0 radical (unpaired) electrons. The lowest BCUT2D eigenvalue weighted by Crippen LogP contribution is -2.27. The van der Waals surface area contributed by atoms with E-state index in [1.807, 2.05) is 4.90 Å². The van der Waals surface area contributed by atoms with E-state index in [1.54, 1.807) is 55.5 Å². The van der Waals surface area contributed by atoms with Crippen LogP contribution < -0.4 is 10.1 Å². The number of ether oxygens (including phenoxy) is 1. The molecule has 2 amide bonds. The van der Waals surface area contributed by atoms with Crippen molar-refractivity contribution in [2.45, 2.75) is 26.4 Å². The molecule has 0 unspecified atom stereocenters. The normalized spacial score (nSPS) is 13.3. The molecule has 1 aromatic heterocycles. The zero-order valence-corrected chi connectivity index (χ0v) is 18.6. The number of carbonyl (C=O) groups excluding carboxylic acids is 2. The number of anilines is 1. The van der Waals surface area contributed by atoms with Crippen molar-refractivity contribution in [2.75, 3.05) is 18.4 Å². The predicted octanol–water partition coefficient (Wildman–Crippen LogP) is 5.17. The Kier molecular flexibility index (Phi) is 6.53. The second-order valence-corrected chi connectivity index (χ2v) is 8.82. The molecule has 160 valence electrons. The van der Waals surface area contributed by atoms with Crippen LogP contribution in [0.3, 0.4) is 0 Å². The Bertz CT molecular complexity index is 1070. The van der Waals surface area contributed by atoms with Gasteiger partial charge in [0.1, 0.15) is 22.2 Å². The summed E-state index contributed by atoms with van der Waals surface area (Å²) in [5.74, 6) is 0.497. The molecule has 0 bridgehead atoms. The number of nitrogens with zero attached hydrogens (tertiary/aromatic N) is 2. The number of likely N-dealkylation sites (tertiary alicyclic amines) is 1. The molecular weight excluding hydrogens is 434 g/mol. The smallest absolute Gasteiger partial charge is 0.267 e. The van der Waals surface area contributed by atoms with E-state index in [0.29, 0.717) is 37.6 Å². The first-order valence-corrected chi connectivity index (χ1v) is 11.2. The molecule has 4 rings (SSSR count). The molecule has 0 saturated carbocycles. The second kappa shape index (κ2) is 9.49. The summed E-state index contributed by atoms with van der Waals surface area (Å²) in [6, 6.07) is 14.1. The number of rotatable bonds is 6. The highest BCUT2D eigenvalue weighted by Gasteiger charge is 2.20. The van der Waals surface area contributed by atoms with Gasteiger partial charge in [-0.25, -0.2) is 4.98 Å². The number of nitrogens with one attached hydrogen (secondary N) is 1. The Labute approximate surface area is 189 Å². The van der Waals surface area contributed by atoms with Crippen LogP contribution >= 0.6 is 22.9 Å². The van der Waals surface area contributed by atoms with Crippen LogP contribution in [0, 0.1) is 6.92 Å². The van der Waals surface area contributed by atoms with Crippen LogP contribution in [0.2, 0.25) is 5.02 Å². The predicted molar refractivity (Wildman–Crippen MR) is 122 cm³/mol. The van der Waals surface area contributed by atoms with Gasteiger partial charge >= 0.3 is 0 Å². The number of aromatic nitrogens is 1. The van der Waals surface area contributed by atoms with E-state index in [2.05, 4.69) is 10.3 Å². The summed E-state index contributed by atoms with van der Waals surface area (Å²) in [7, 11) is 0. The van der Waals surface area contributed by atoms with Gasteiger partial charge < -0.3 is 15.0 Å². The van der Waals surface area contributed by atoms with Crippen LogP contribution in [0.4, 0.5) is 5.69 Å². The van der Waals surface area contributed by atoms with Crippen LogP contribution in [-0.4, -0.2) is 34.8 Å². The van der Waals surface area contributed by atoms with Crippen molar-refractivity contribution in [3.63, 3.8) is 0 Å². The van der Waals surface area contributed by atoms with Gasteiger partial charge in [0.25, 0.3) is 11.8 Å². The number of halogens is 1. The maximum atomic E-state index is 12.7. The molecule has 31 heavy (non-hydrogen) atoms. The van der Waals surface area contributed by atoms with E-state index in [0.717, 1.165) is 25.9 Å². The molecule has 1 aliphatic rings. The first-order valence-electron chi connectivity index (χ1n) is 10.0. The Morgan fingerprint density at radius 3 is 2.45 bits per heavy atom. The molecule has 3 aromatic rings. The summed E-state index contributed by atoms with van der Waals surface area (Å²) in [6.07, 6.45) is 2.11. The van der Waals surface area contributed by atoms with E-state index in [-0.39, 0.29) is 18.4 Å². The molecule has 2 aromatic carbocycles. The molecule has 1 N–H and O–H groups in total. The topological polar surface area (TPSA) is 71.5 Å². The quantitative estimate of drug-likeness (QED) is 0.556. The Balaban J connectivity index is 1.37. The summed E-state index contributed by atoms with van der Waals surface area (Å²) < 4.78 is 5.71. The molecule has 1 saturated heterocycles. The summed E-state index contributed by atoms with van der Waals surface area (Å²) in [5, 5.41) is 4.23. The number of aryl methyl sites for hydroxylation is 1. The minimum Gasteiger partial charge on any atom is -0.486 e. The summed E-state index contributed by atoms with van der Waals surface area (Å²) in [5.41, 5.74) is 1.92. The highest BCUT2D eigenvalue weighted by atomic mass is 35.5. The van der Waals surface area contributed by atoms with Gasteiger partial charge in [-0.3, -0.25) is 9.59 Å². The largest absolute Gasteiger partial charge is 0.486 e. The molecule has 2 heterocycles. The van der Waals surface area contributed by atoms with Crippen molar-refractivity contribution < 1.29 is 14.3 Å². The summed E-state index contributed by atoms with van der Waals surface area (Å²) >= 11 is 7.18. The van der Waals surface area contributed by atoms with Crippen LogP contribution in [0.15, 0.2) is 48.5 Å². The van der Waals surface area contributed by atoms with Gasteiger partial charge in [0, 0.05) is 29.4 Å². The summed E-state index contributed by atoms with van der Waals surface area (Å²) in [6.45, 7) is 3.70. The first-order chi connectivity index (χ1) is 15.0. The average Bonchev–Trinajstić information content (AvgIpc) is 3.43. The van der Waals surface area contributed by atoms with E-state index in [1.165, 1.54) is 11.3 Å². The zero-order chi connectivity index (χ0) is 21.8. The molecule has 1 aliphatic heterocycles. The van der Waals surface area contributed by atoms with Crippen molar-refractivity contribution in [3.05, 3.63) is 74.7 Å². The Morgan fingerprint density at radius 2 is 1.77 bits per heavy atom. The van der Waals surface area contributed by atoms with Crippen molar-refractivity contribution >= 4 is 40.4 Å². The highest BCUT2D eigenvalue weighted by Crippen LogP contribution is 2.23. The molecule has 8 heteroatoms. The Hall–Kier alpha value is -2.90. The lowest BCUT2D eigenvalue weighted by molar-refractivity contribution is 0.0792. The van der Waals surface area contributed by atoms with E-state index < -0.39 is 0 Å². The zero-order valence-electron chi connectivity index (χ0n) is 17.1. The van der Waals surface area contributed by atoms with Crippen molar-refractivity contribution in [2.24, 2.45) is 0 Å². The van der Waals surface area contributed by atoms with Gasteiger partial charge in [0.05, 0.1) is 5.69 Å². The van der Waals surface area contributed by atoms with Crippen molar-refractivity contribution in [1.82, 2.24) is 9.88 Å². The fraction of sp³-hybridized carbons (Fsp3) is 0.261. The lowest BCUT2D eigenvalue weighted by Gasteiger charge is -2.15.